The number of hydrogen-bond donors (Lipinski definition) is 0. The summed E-state index contributed by atoms with van der Waals surface area (Å²) in [7, 11) is 6.46. The average Bonchev–Trinajstić information content (AvgIpc) is 2.98. The van der Waals surface area contributed by atoms with E-state index in [9.17, 15) is 9.59 Å². The van der Waals surface area contributed by atoms with Gasteiger partial charge in [-0.25, -0.2) is 0 Å². The molecule has 8 heteroatoms. The SMILES string of the molecule is COc1ccc([C@@H]2[C@@H](C(=O)N3CCN(c4ccccc4)CC3)c3cc(OC)c(OC)cc3C(=O)N2C)cc1. The Balaban J connectivity index is 1.54. The highest BCUT2D eigenvalue weighted by Crippen LogP contribution is 2.46. The number of benzene rings is 3. The van der Waals surface area contributed by atoms with Crippen molar-refractivity contribution in [2.24, 2.45) is 0 Å². The van der Waals surface area contributed by atoms with Crippen LogP contribution in [0, 0.1) is 0 Å². The maximum absolute atomic E-state index is 14.3. The van der Waals surface area contributed by atoms with Crippen LogP contribution in [-0.2, 0) is 4.79 Å². The molecule has 0 spiro atoms. The van der Waals surface area contributed by atoms with Crippen molar-refractivity contribution in [2.75, 3.05) is 59.5 Å². The third kappa shape index (κ3) is 4.51. The second-order valence-electron chi connectivity index (χ2n) is 9.55. The Labute approximate surface area is 223 Å². The van der Waals surface area contributed by atoms with Crippen LogP contribution < -0.4 is 19.1 Å². The molecule has 0 aliphatic carbocycles. The van der Waals surface area contributed by atoms with Crippen molar-refractivity contribution < 1.29 is 23.8 Å². The van der Waals surface area contributed by atoms with Gasteiger partial charge in [0.05, 0.1) is 33.3 Å². The van der Waals surface area contributed by atoms with Gasteiger partial charge in [-0.3, -0.25) is 9.59 Å². The molecule has 0 aromatic heterocycles. The minimum Gasteiger partial charge on any atom is -0.497 e. The lowest BCUT2D eigenvalue weighted by molar-refractivity contribution is -0.134. The molecule has 0 bridgehead atoms. The van der Waals surface area contributed by atoms with E-state index < -0.39 is 12.0 Å². The number of ether oxygens (including phenoxy) is 3. The van der Waals surface area contributed by atoms with E-state index >= 15 is 0 Å². The average molecular weight is 516 g/mol. The highest BCUT2D eigenvalue weighted by molar-refractivity contribution is 6.02. The second kappa shape index (κ2) is 10.7. The Kier molecular flexibility index (Phi) is 7.13. The number of nitrogens with zero attached hydrogens (tertiary/aromatic N) is 3. The zero-order chi connectivity index (χ0) is 26.8. The summed E-state index contributed by atoms with van der Waals surface area (Å²) in [5.41, 5.74) is 3.13. The molecule has 5 rings (SSSR count). The van der Waals surface area contributed by atoms with E-state index in [2.05, 4.69) is 17.0 Å². The van der Waals surface area contributed by atoms with Crippen molar-refractivity contribution in [3.63, 3.8) is 0 Å². The predicted molar refractivity (Wildman–Crippen MR) is 145 cm³/mol. The van der Waals surface area contributed by atoms with Crippen molar-refractivity contribution in [1.82, 2.24) is 9.80 Å². The molecule has 2 amide bonds. The van der Waals surface area contributed by atoms with Gasteiger partial charge in [-0.1, -0.05) is 30.3 Å². The molecule has 8 nitrogen and oxygen atoms in total. The molecule has 0 radical (unpaired) electrons. The molecule has 198 valence electrons. The number of rotatable bonds is 6. The number of piperazine rings is 1. The first kappa shape index (κ1) is 25.4. The monoisotopic (exact) mass is 515 g/mol. The summed E-state index contributed by atoms with van der Waals surface area (Å²) in [5.74, 6) is 0.878. The Morgan fingerprint density at radius 3 is 2.05 bits per heavy atom. The van der Waals surface area contributed by atoms with Gasteiger partial charge in [-0.2, -0.15) is 0 Å². The van der Waals surface area contributed by atoms with Crippen LogP contribution in [0.15, 0.2) is 66.7 Å². The molecule has 1 saturated heterocycles. The molecular weight excluding hydrogens is 482 g/mol. The van der Waals surface area contributed by atoms with Crippen LogP contribution in [-0.4, -0.2) is 76.2 Å². The molecule has 3 aromatic carbocycles. The Bertz CT molecular complexity index is 1300. The number of anilines is 1. The largest absolute Gasteiger partial charge is 0.497 e. The van der Waals surface area contributed by atoms with Crippen LogP contribution in [0.4, 0.5) is 5.69 Å². The van der Waals surface area contributed by atoms with Gasteiger partial charge in [-0.15, -0.1) is 0 Å². The third-order valence-corrected chi connectivity index (χ3v) is 7.61. The Morgan fingerprint density at radius 1 is 0.816 bits per heavy atom. The number of carbonyl (C=O) groups excluding carboxylic acids is 2. The van der Waals surface area contributed by atoms with Crippen molar-refractivity contribution >= 4 is 17.5 Å². The zero-order valence-electron chi connectivity index (χ0n) is 22.2. The number of methoxy groups -OCH3 is 3. The van der Waals surface area contributed by atoms with Gasteiger partial charge in [0.15, 0.2) is 11.5 Å². The number of carbonyl (C=O) groups is 2. The van der Waals surface area contributed by atoms with Gasteiger partial charge < -0.3 is 28.9 Å². The maximum Gasteiger partial charge on any atom is 0.254 e. The summed E-state index contributed by atoms with van der Waals surface area (Å²) < 4.78 is 16.4. The van der Waals surface area contributed by atoms with Gasteiger partial charge in [0.25, 0.3) is 5.91 Å². The smallest absolute Gasteiger partial charge is 0.254 e. The van der Waals surface area contributed by atoms with Gasteiger partial charge in [-0.05, 0) is 47.5 Å². The molecule has 0 saturated carbocycles. The lowest BCUT2D eigenvalue weighted by Crippen LogP contribution is -2.53. The lowest BCUT2D eigenvalue weighted by Gasteiger charge is -2.43. The van der Waals surface area contributed by atoms with Crippen LogP contribution in [0.3, 0.4) is 0 Å². The quantitative estimate of drug-likeness (QED) is 0.495. The molecule has 2 aliphatic heterocycles. The van der Waals surface area contributed by atoms with Gasteiger partial charge >= 0.3 is 0 Å². The van der Waals surface area contributed by atoms with E-state index in [-0.39, 0.29) is 11.8 Å². The molecule has 1 fully saturated rings. The highest BCUT2D eigenvalue weighted by atomic mass is 16.5. The summed E-state index contributed by atoms with van der Waals surface area (Å²) in [6.07, 6.45) is 0. The van der Waals surface area contributed by atoms with E-state index in [4.69, 9.17) is 14.2 Å². The van der Waals surface area contributed by atoms with Gasteiger partial charge in [0.2, 0.25) is 5.91 Å². The molecule has 2 heterocycles. The minimum absolute atomic E-state index is 0.00801. The van der Waals surface area contributed by atoms with E-state index in [0.717, 1.165) is 24.3 Å². The summed E-state index contributed by atoms with van der Waals surface area (Å²) in [5, 5.41) is 0. The van der Waals surface area contributed by atoms with Crippen molar-refractivity contribution in [3.8, 4) is 17.2 Å². The topological polar surface area (TPSA) is 71.5 Å². The first-order valence-corrected chi connectivity index (χ1v) is 12.7. The number of amides is 2. The van der Waals surface area contributed by atoms with E-state index in [1.54, 1.807) is 38.3 Å². The van der Waals surface area contributed by atoms with Crippen molar-refractivity contribution in [3.05, 3.63) is 83.4 Å². The fourth-order valence-electron chi connectivity index (χ4n) is 5.55. The Morgan fingerprint density at radius 2 is 1.45 bits per heavy atom. The summed E-state index contributed by atoms with van der Waals surface area (Å²) >= 11 is 0. The molecule has 2 aliphatic rings. The van der Waals surface area contributed by atoms with E-state index in [1.807, 2.05) is 47.4 Å². The normalized spacial score (nSPS) is 19.2. The molecule has 3 aromatic rings. The summed E-state index contributed by atoms with van der Waals surface area (Å²) in [6.45, 7) is 2.67. The fraction of sp³-hybridized carbons (Fsp3) is 0.333. The molecule has 38 heavy (non-hydrogen) atoms. The maximum atomic E-state index is 14.3. The summed E-state index contributed by atoms with van der Waals surface area (Å²) in [6, 6.07) is 20.8. The van der Waals surface area contributed by atoms with Crippen molar-refractivity contribution in [1.29, 1.82) is 0 Å². The lowest BCUT2D eigenvalue weighted by atomic mass is 9.78. The van der Waals surface area contributed by atoms with Crippen LogP contribution in [0.2, 0.25) is 0 Å². The number of likely N-dealkylation sites (N-methyl/N-ethyl adjacent to an activating group) is 1. The van der Waals surface area contributed by atoms with Crippen molar-refractivity contribution in [2.45, 2.75) is 12.0 Å². The predicted octanol–water partition coefficient (Wildman–Crippen LogP) is 3.97. The highest BCUT2D eigenvalue weighted by Gasteiger charge is 2.45. The van der Waals surface area contributed by atoms with Gasteiger partial charge in [0, 0.05) is 44.5 Å². The second-order valence-corrected chi connectivity index (χ2v) is 9.55. The van der Waals surface area contributed by atoms with Crippen LogP contribution in [0.25, 0.3) is 0 Å². The van der Waals surface area contributed by atoms with E-state index in [0.29, 0.717) is 41.5 Å². The number of para-hydroxylation sites is 1. The fourth-order valence-corrected chi connectivity index (χ4v) is 5.55. The Hall–Kier alpha value is -4.20. The number of hydrogen-bond acceptors (Lipinski definition) is 6. The minimum atomic E-state index is -0.607. The number of fused-ring (bicyclic) bond motifs is 1. The standard InChI is InChI=1S/C30H33N3O5/c1-31-28(20-10-12-22(36-2)13-11-20)27(23-18-25(37-3)26(38-4)19-24(23)29(31)34)30(35)33-16-14-32(15-17-33)21-8-6-5-7-9-21/h5-13,18-19,27-28H,14-17H2,1-4H3/t27-,28+/m0/s1. The first-order chi connectivity index (χ1) is 18.5. The van der Waals surface area contributed by atoms with Crippen LogP contribution in [0.1, 0.15) is 33.4 Å². The van der Waals surface area contributed by atoms with Crippen LogP contribution in [0.5, 0.6) is 17.2 Å². The first-order valence-electron chi connectivity index (χ1n) is 12.7. The van der Waals surface area contributed by atoms with Gasteiger partial charge in [0.1, 0.15) is 5.75 Å². The third-order valence-electron chi connectivity index (χ3n) is 7.61. The molecule has 2 atom stereocenters. The molecule has 0 unspecified atom stereocenters. The van der Waals surface area contributed by atoms with Crippen LogP contribution >= 0.6 is 0 Å². The summed E-state index contributed by atoms with van der Waals surface area (Å²) in [4.78, 5) is 33.8. The molecular formula is C30H33N3O5. The molecule has 0 N–H and O–H groups in total. The van der Waals surface area contributed by atoms with E-state index in [1.165, 1.54) is 7.11 Å². The zero-order valence-corrected chi connectivity index (χ0v) is 22.2.